The highest BCUT2D eigenvalue weighted by Gasteiger charge is 2.29. The number of nitrogens with one attached hydrogen (secondary N) is 1. The predicted molar refractivity (Wildman–Crippen MR) is 30.2 cm³/mol. The van der Waals surface area contributed by atoms with Gasteiger partial charge in [0.25, 0.3) is 0 Å². The first-order valence-electron chi connectivity index (χ1n) is 3.33. The zero-order chi connectivity index (χ0) is 5.40. The van der Waals surface area contributed by atoms with Crippen LogP contribution < -0.4 is 5.48 Å². The Bertz CT molecular complexity index is 80.5. The maximum absolute atomic E-state index is 5.22. The lowest BCUT2D eigenvalue weighted by Crippen LogP contribution is -2.30. The molecule has 2 bridgehead atoms. The molecule has 0 spiro atoms. The third-order valence-electron chi connectivity index (χ3n) is 2.12. The first-order valence-corrected chi connectivity index (χ1v) is 3.33. The largest absolute Gasteiger partial charge is 0.298 e. The van der Waals surface area contributed by atoms with Crippen LogP contribution in [0.25, 0.3) is 0 Å². The van der Waals surface area contributed by atoms with Crippen molar-refractivity contribution in [3.8, 4) is 0 Å². The second kappa shape index (κ2) is 1.71. The third-order valence-corrected chi connectivity index (χ3v) is 2.12. The van der Waals surface area contributed by atoms with Crippen LogP contribution in [0.3, 0.4) is 0 Å². The third kappa shape index (κ3) is 0.644. The van der Waals surface area contributed by atoms with E-state index in [0.29, 0.717) is 6.10 Å². The van der Waals surface area contributed by atoms with Gasteiger partial charge >= 0.3 is 0 Å². The van der Waals surface area contributed by atoms with Gasteiger partial charge in [-0.25, -0.2) is 5.48 Å². The molecule has 2 fully saturated rings. The van der Waals surface area contributed by atoms with Gasteiger partial charge in [0, 0.05) is 6.54 Å². The molecule has 1 saturated heterocycles. The highest BCUT2D eigenvalue weighted by Crippen LogP contribution is 2.29. The van der Waals surface area contributed by atoms with E-state index < -0.39 is 0 Å². The van der Waals surface area contributed by atoms with E-state index in [1.807, 2.05) is 0 Å². The summed E-state index contributed by atoms with van der Waals surface area (Å²) < 4.78 is 0. The van der Waals surface area contributed by atoms with E-state index in [-0.39, 0.29) is 0 Å². The number of rotatable bonds is 0. The van der Waals surface area contributed by atoms with Crippen molar-refractivity contribution >= 4 is 0 Å². The van der Waals surface area contributed by atoms with Crippen molar-refractivity contribution in [1.29, 1.82) is 0 Å². The van der Waals surface area contributed by atoms with Crippen LogP contribution in [0.2, 0.25) is 0 Å². The van der Waals surface area contributed by atoms with Gasteiger partial charge in [0.05, 0.1) is 6.10 Å². The van der Waals surface area contributed by atoms with Crippen molar-refractivity contribution in [2.75, 3.05) is 6.54 Å². The SMILES string of the molecule is C1CC2CC1CNO2. The summed E-state index contributed by atoms with van der Waals surface area (Å²) in [5.74, 6) is 0.925. The maximum Gasteiger partial charge on any atom is 0.0793 e. The van der Waals surface area contributed by atoms with Gasteiger partial charge in [0.15, 0.2) is 0 Å². The second-order valence-electron chi connectivity index (χ2n) is 2.77. The first kappa shape index (κ1) is 4.77. The minimum Gasteiger partial charge on any atom is -0.298 e. The van der Waals surface area contributed by atoms with Crippen LogP contribution in [0.4, 0.5) is 0 Å². The maximum atomic E-state index is 5.22. The van der Waals surface area contributed by atoms with Crippen LogP contribution in [-0.2, 0) is 4.84 Å². The van der Waals surface area contributed by atoms with Crippen molar-refractivity contribution < 1.29 is 4.84 Å². The summed E-state index contributed by atoms with van der Waals surface area (Å²) in [7, 11) is 0. The molecule has 2 nitrogen and oxygen atoms in total. The summed E-state index contributed by atoms with van der Waals surface area (Å²) in [6, 6.07) is 0. The van der Waals surface area contributed by atoms with Gasteiger partial charge in [-0.2, -0.15) is 0 Å². The molecule has 2 rings (SSSR count). The molecule has 2 atom stereocenters. The zero-order valence-electron chi connectivity index (χ0n) is 4.89. The zero-order valence-corrected chi connectivity index (χ0v) is 4.89. The Kier molecular flexibility index (Phi) is 1.02. The molecule has 1 aliphatic carbocycles. The van der Waals surface area contributed by atoms with Crippen LogP contribution in [-0.4, -0.2) is 12.6 Å². The minimum atomic E-state index is 0.550. The molecule has 2 heteroatoms. The molecule has 0 aromatic carbocycles. The van der Waals surface area contributed by atoms with E-state index >= 15 is 0 Å². The molecule has 0 amide bonds. The Morgan fingerprint density at radius 2 is 2.38 bits per heavy atom. The van der Waals surface area contributed by atoms with Gasteiger partial charge in [-0.15, -0.1) is 0 Å². The van der Waals surface area contributed by atoms with Gasteiger partial charge in [-0.05, 0) is 25.2 Å². The quantitative estimate of drug-likeness (QED) is 0.499. The van der Waals surface area contributed by atoms with Crippen molar-refractivity contribution in [2.24, 2.45) is 5.92 Å². The van der Waals surface area contributed by atoms with Gasteiger partial charge in [-0.1, -0.05) is 0 Å². The number of hydrogen-bond acceptors (Lipinski definition) is 2. The van der Waals surface area contributed by atoms with E-state index in [0.717, 1.165) is 12.5 Å². The van der Waals surface area contributed by atoms with E-state index in [1.54, 1.807) is 0 Å². The highest BCUT2D eigenvalue weighted by atomic mass is 16.7. The van der Waals surface area contributed by atoms with E-state index in [9.17, 15) is 0 Å². The standard InChI is InChI=1S/C6H11NO/c1-2-6-3-5(1)4-7-8-6/h5-7H,1-4H2. The summed E-state index contributed by atoms with van der Waals surface area (Å²) in [5.41, 5.74) is 2.95. The van der Waals surface area contributed by atoms with Crippen molar-refractivity contribution in [1.82, 2.24) is 5.48 Å². The fourth-order valence-corrected chi connectivity index (χ4v) is 1.61. The molecule has 1 saturated carbocycles. The smallest absolute Gasteiger partial charge is 0.0793 e. The molecule has 0 aromatic rings. The minimum absolute atomic E-state index is 0.550. The lowest BCUT2D eigenvalue weighted by Gasteiger charge is -2.19. The van der Waals surface area contributed by atoms with Gasteiger partial charge < -0.3 is 0 Å². The van der Waals surface area contributed by atoms with Gasteiger partial charge in [0.2, 0.25) is 0 Å². The van der Waals surface area contributed by atoms with E-state index in [4.69, 9.17) is 4.84 Å². The highest BCUT2D eigenvalue weighted by molar-refractivity contribution is 4.79. The Labute approximate surface area is 49.2 Å². The summed E-state index contributed by atoms with van der Waals surface area (Å²) in [6.07, 6.45) is 4.50. The number of hydrogen-bond donors (Lipinski definition) is 1. The topological polar surface area (TPSA) is 21.3 Å². The van der Waals surface area contributed by atoms with Crippen LogP contribution in [0.15, 0.2) is 0 Å². The van der Waals surface area contributed by atoms with Crippen LogP contribution in [0.5, 0.6) is 0 Å². The number of hydroxylamine groups is 1. The Hall–Kier alpha value is -0.0800. The Morgan fingerprint density at radius 1 is 1.38 bits per heavy atom. The van der Waals surface area contributed by atoms with Crippen LogP contribution >= 0.6 is 0 Å². The van der Waals surface area contributed by atoms with Crippen LogP contribution in [0, 0.1) is 5.92 Å². The summed E-state index contributed by atoms with van der Waals surface area (Å²) in [6.45, 7) is 1.08. The monoisotopic (exact) mass is 113 g/mol. The van der Waals surface area contributed by atoms with Crippen molar-refractivity contribution in [3.63, 3.8) is 0 Å². The summed E-state index contributed by atoms with van der Waals surface area (Å²) >= 11 is 0. The molecule has 0 aromatic heterocycles. The normalized spacial score (nSPS) is 45.0. The molecular weight excluding hydrogens is 102 g/mol. The molecule has 2 aliphatic rings. The van der Waals surface area contributed by atoms with Crippen molar-refractivity contribution in [2.45, 2.75) is 25.4 Å². The van der Waals surface area contributed by atoms with E-state index in [1.165, 1.54) is 19.3 Å². The molecule has 2 unspecified atom stereocenters. The molecule has 1 heterocycles. The fourth-order valence-electron chi connectivity index (χ4n) is 1.61. The van der Waals surface area contributed by atoms with Gasteiger partial charge in [0.1, 0.15) is 0 Å². The Morgan fingerprint density at radius 3 is 3.12 bits per heavy atom. The molecule has 0 radical (unpaired) electrons. The average Bonchev–Trinajstić information content (AvgIpc) is 2.12. The average molecular weight is 113 g/mol. The fraction of sp³-hybridized carbons (Fsp3) is 1.00. The summed E-state index contributed by atoms with van der Waals surface area (Å²) in [4.78, 5) is 5.22. The van der Waals surface area contributed by atoms with E-state index in [2.05, 4.69) is 5.48 Å². The molecule has 1 N–H and O–H groups in total. The molecule has 46 valence electrons. The predicted octanol–water partition coefficient (Wildman–Crippen LogP) is 0.690. The number of fused-ring (bicyclic) bond motifs is 2. The van der Waals surface area contributed by atoms with Crippen LogP contribution in [0.1, 0.15) is 19.3 Å². The van der Waals surface area contributed by atoms with Crippen molar-refractivity contribution in [3.05, 3.63) is 0 Å². The lowest BCUT2D eigenvalue weighted by atomic mass is 10.1. The molecule has 8 heavy (non-hydrogen) atoms. The Balaban J connectivity index is 2.03. The molecule has 1 aliphatic heterocycles. The summed E-state index contributed by atoms with van der Waals surface area (Å²) in [5, 5.41) is 0. The van der Waals surface area contributed by atoms with Gasteiger partial charge in [-0.3, -0.25) is 4.84 Å². The lowest BCUT2D eigenvalue weighted by molar-refractivity contribution is -0.0472. The first-order chi connectivity index (χ1) is 3.95. The molecular formula is C6H11NO. The second-order valence-corrected chi connectivity index (χ2v) is 2.77.